The first-order chi connectivity index (χ1) is 16.3. The van der Waals surface area contributed by atoms with Gasteiger partial charge in [0.15, 0.2) is 11.5 Å². The van der Waals surface area contributed by atoms with E-state index in [9.17, 15) is 13.9 Å². The number of amides is 1. The fourth-order valence-corrected chi connectivity index (χ4v) is 6.30. The van der Waals surface area contributed by atoms with Gasteiger partial charge >= 0.3 is 0 Å². The molecule has 0 radical (unpaired) electrons. The van der Waals surface area contributed by atoms with E-state index in [0.717, 1.165) is 16.6 Å². The Bertz CT molecular complexity index is 1220. The van der Waals surface area contributed by atoms with Gasteiger partial charge in [0.25, 0.3) is 0 Å². The van der Waals surface area contributed by atoms with Gasteiger partial charge in [-0.05, 0) is 29.8 Å². The van der Waals surface area contributed by atoms with E-state index in [1.54, 1.807) is 26.4 Å². The van der Waals surface area contributed by atoms with Crippen LogP contribution in [0.5, 0.6) is 11.5 Å². The number of nitrogens with zero attached hydrogens (tertiary/aromatic N) is 2. The van der Waals surface area contributed by atoms with Crippen molar-refractivity contribution in [2.75, 3.05) is 31.0 Å². The molecule has 0 bridgehead atoms. The SMILES string of the molecule is COc1cc2ncnc(Nc3ccc(C=CC(=O)NC4CS(O)(O)CC4Cl)cc3)c2cc1OC. The third-order valence-electron chi connectivity index (χ3n) is 5.38. The van der Waals surface area contributed by atoms with E-state index in [0.29, 0.717) is 22.8 Å². The Kier molecular flexibility index (Phi) is 7.13. The Morgan fingerprint density at radius 1 is 1.12 bits per heavy atom. The maximum absolute atomic E-state index is 12.2. The number of benzene rings is 2. The predicted octanol–water partition coefficient (Wildman–Crippen LogP) is 4.26. The molecular formula is C23H25ClN4O5S. The third-order valence-corrected chi connectivity index (χ3v) is 7.81. The molecule has 11 heteroatoms. The van der Waals surface area contributed by atoms with Crippen molar-refractivity contribution in [3.05, 3.63) is 54.4 Å². The van der Waals surface area contributed by atoms with Gasteiger partial charge in [0, 0.05) is 23.2 Å². The first-order valence-corrected chi connectivity index (χ1v) is 12.7. The molecule has 0 saturated carbocycles. The molecular weight excluding hydrogens is 480 g/mol. The van der Waals surface area contributed by atoms with E-state index < -0.39 is 22.0 Å². The highest BCUT2D eigenvalue weighted by Crippen LogP contribution is 2.47. The molecule has 9 nitrogen and oxygen atoms in total. The number of methoxy groups -OCH3 is 2. The zero-order chi connectivity index (χ0) is 24.3. The highest BCUT2D eigenvalue weighted by Gasteiger charge is 2.37. The molecule has 1 aliphatic rings. The average molecular weight is 505 g/mol. The normalized spacial score (nSPS) is 20.3. The smallest absolute Gasteiger partial charge is 0.244 e. The van der Waals surface area contributed by atoms with E-state index in [2.05, 4.69) is 20.6 Å². The Hall–Kier alpha value is -3.05. The molecule has 0 spiro atoms. The summed E-state index contributed by atoms with van der Waals surface area (Å²) in [6.45, 7) is 0. The molecule has 1 amide bonds. The highest BCUT2D eigenvalue weighted by molar-refractivity contribution is 8.24. The predicted molar refractivity (Wildman–Crippen MR) is 136 cm³/mol. The van der Waals surface area contributed by atoms with Crippen molar-refractivity contribution in [1.82, 2.24) is 15.3 Å². The van der Waals surface area contributed by atoms with E-state index in [4.69, 9.17) is 21.1 Å². The zero-order valence-corrected chi connectivity index (χ0v) is 20.1. The number of carbonyl (C=O) groups is 1. The van der Waals surface area contributed by atoms with Crippen molar-refractivity contribution in [3.63, 3.8) is 0 Å². The molecule has 4 N–H and O–H groups in total. The van der Waals surface area contributed by atoms with Crippen molar-refractivity contribution in [2.45, 2.75) is 11.4 Å². The summed E-state index contributed by atoms with van der Waals surface area (Å²) in [5, 5.41) is 6.29. The lowest BCUT2D eigenvalue weighted by molar-refractivity contribution is -0.116. The number of anilines is 2. The number of halogens is 1. The van der Waals surface area contributed by atoms with Gasteiger partial charge in [0.05, 0.1) is 42.7 Å². The summed E-state index contributed by atoms with van der Waals surface area (Å²) in [5.41, 5.74) is 2.33. The van der Waals surface area contributed by atoms with Gasteiger partial charge in [-0.1, -0.05) is 12.1 Å². The van der Waals surface area contributed by atoms with E-state index in [1.165, 1.54) is 12.4 Å². The molecule has 34 heavy (non-hydrogen) atoms. The first-order valence-electron chi connectivity index (χ1n) is 10.4. The number of nitrogens with one attached hydrogen (secondary N) is 2. The van der Waals surface area contributed by atoms with Crippen LogP contribution >= 0.6 is 22.2 Å². The Morgan fingerprint density at radius 2 is 1.82 bits per heavy atom. The first kappa shape index (κ1) is 24.1. The van der Waals surface area contributed by atoms with E-state index in [1.807, 2.05) is 30.3 Å². The average Bonchev–Trinajstić information content (AvgIpc) is 3.08. The van der Waals surface area contributed by atoms with E-state index >= 15 is 0 Å². The lowest BCUT2D eigenvalue weighted by Crippen LogP contribution is -2.39. The fraction of sp³-hybridized carbons (Fsp3) is 0.261. The van der Waals surface area contributed by atoms with Crippen LogP contribution in [0.4, 0.5) is 11.5 Å². The molecule has 1 aliphatic heterocycles. The topological polar surface area (TPSA) is 126 Å². The second-order valence-electron chi connectivity index (χ2n) is 7.79. The van der Waals surface area contributed by atoms with Gasteiger partial charge < -0.3 is 20.1 Å². The summed E-state index contributed by atoms with van der Waals surface area (Å²) in [4.78, 5) is 20.9. The minimum atomic E-state index is -2.71. The van der Waals surface area contributed by atoms with Gasteiger partial charge in [-0.2, -0.15) is 10.6 Å². The van der Waals surface area contributed by atoms with Crippen LogP contribution in [0, 0.1) is 0 Å². The van der Waals surface area contributed by atoms with Crippen LogP contribution in [-0.4, -0.2) is 62.1 Å². The standard InChI is InChI=1S/C23H25ClN4O5S/c1-32-20-9-16-18(10-21(20)33-2)25-13-26-23(16)27-15-6-3-14(4-7-15)5-8-22(29)28-19-12-34(30,31)11-17(19)24/h3-10,13,17,19,30-31H,11-12H2,1-2H3,(H,28,29)(H,25,26,27). The van der Waals surface area contributed by atoms with Gasteiger partial charge in [0.1, 0.15) is 12.1 Å². The summed E-state index contributed by atoms with van der Waals surface area (Å²) in [5.74, 6) is 1.62. The highest BCUT2D eigenvalue weighted by atomic mass is 35.5. The van der Waals surface area contributed by atoms with Crippen LogP contribution in [0.15, 0.2) is 48.8 Å². The maximum atomic E-state index is 12.2. The number of ether oxygens (including phenoxy) is 2. The van der Waals surface area contributed by atoms with E-state index in [-0.39, 0.29) is 17.4 Å². The number of hydrogen-bond donors (Lipinski definition) is 4. The molecule has 0 aliphatic carbocycles. The molecule has 1 fully saturated rings. The minimum absolute atomic E-state index is 0.0808. The molecule has 2 heterocycles. The van der Waals surface area contributed by atoms with Crippen LogP contribution < -0.4 is 20.1 Å². The molecule has 2 unspecified atom stereocenters. The van der Waals surface area contributed by atoms with Gasteiger partial charge in [-0.25, -0.2) is 9.97 Å². The summed E-state index contributed by atoms with van der Waals surface area (Å²) in [7, 11) is 0.434. The summed E-state index contributed by atoms with van der Waals surface area (Å²) < 4.78 is 30.2. The number of carbonyl (C=O) groups excluding carboxylic acids is 1. The molecule has 2 aromatic carbocycles. The van der Waals surface area contributed by atoms with Crippen molar-refractivity contribution >= 4 is 56.6 Å². The second-order valence-corrected chi connectivity index (χ2v) is 10.6. The lowest BCUT2D eigenvalue weighted by atomic mass is 10.1. The fourth-order valence-electron chi connectivity index (χ4n) is 3.66. The van der Waals surface area contributed by atoms with Crippen LogP contribution in [0.2, 0.25) is 0 Å². The van der Waals surface area contributed by atoms with Gasteiger partial charge in [-0.15, -0.1) is 11.6 Å². The Labute approximate surface area is 203 Å². The Morgan fingerprint density at radius 3 is 2.47 bits per heavy atom. The van der Waals surface area contributed by atoms with Crippen molar-refractivity contribution in [2.24, 2.45) is 0 Å². The number of hydrogen-bond acceptors (Lipinski definition) is 8. The largest absolute Gasteiger partial charge is 0.493 e. The number of rotatable bonds is 7. The van der Waals surface area contributed by atoms with Crippen molar-refractivity contribution < 1.29 is 23.4 Å². The molecule has 4 rings (SSSR count). The maximum Gasteiger partial charge on any atom is 0.244 e. The second kappa shape index (κ2) is 10.1. The summed E-state index contributed by atoms with van der Waals surface area (Å²) >= 11 is 6.11. The molecule has 1 aromatic heterocycles. The molecule has 1 saturated heterocycles. The molecule has 2 atom stereocenters. The Balaban J connectivity index is 1.43. The number of aromatic nitrogens is 2. The molecule has 180 valence electrons. The minimum Gasteiger partial charge on any atom is -0.493 e. The van der Waals surface area contributed by atoms with Gasteiger partial charge in [-0.3, -0.25) is 13.9 Å². The third kappa shape index (κ3) is 5.53. The number of alkyl halides is 1. The van der Waals surface area contributed by atoms with Crippen molar-refractivity contribution in [1.29, 1.82) is 0 Å². The summed E-state index contributed by atoms with van der Waals surface area (Å²) in [6.07, 6.45) is 4.54. The number of fused-ring (bicyclic) bond motifs is 1. The van der Waals surface area contributed by atoms with Crippen LogP contribution in [-0.2, 0) is 4.79 Å². The monoisotopic (exact) mass is 504 g/mol. The van der Waals surface area contributed by atoms with Crippen LogP contribution in [0.3, 0.4) is 0 Å². The quantitative estimate of drug-likeness (QED) is 0.278. The van der Waals surface area contributed by atoms with Gasteiger partial charge in [0.2, 0.25) is 5.91 Å². The summed E-state index contributed by atoms with van der Waals surface area (Å²) in [6, 6.07) is 10.6. The van der Waals surface area contributed by atoms with Crippen molar-refractivity contribution in [3.8, 4) is 11.5 Å². The van der Waals surface area contributed by atoms with Crippen LogP contribution in [0.1, 0.15) is 5.56 Å². The molecule has 3 aromatic rings. The zero-order valence-electron chi connectivity index (χ0n) is 18.6. The lowest BCUT2D eigenvalue weighted by Gasteiger charge is -2.25. The van der Waals surface area contributed by atoms with Crippen LogP contribution in [0.25, 0.3) is 17.0 Å².